The number of aryl methyl sites for hydroxylation is 2. The number of carbonyl (C=O) groups excluding carboxylic acids is 1. The van der Waals surface area contributed by atoms with Gasteiger partial charge in [0.15, 0.2) is 11.6 Å². The molecule has 2 aliphatic rings. The van der Waals surface area contributed by atoms with Crippen LogP contribution < -0.4 is 4.74 Å². The number of benzene rings is 1. The van der Waals surface area contributed by atoms with Crippen molar-refractivity contribution in [3.8, 4) is 5.75 Å². The molecule has 1 aliphatic heterocycles. The zero-order valence-corrected chi connectivity index (χ0v) is 19.2. The number of likely N-dealkylation sites (tertiary alicyclic amines) is 1. The average molecular weight is 452 g/mol. The summed E-state index contributed by atoms with van der Waals surface area (Å²) >= 11 is 0. The molecule has 8 heteroatoms. The lowest BCUT2D eigenvalue weighted by Gasteiger charge is -2.37. The van der Waals surface area contributed by atoms with Crippen LogP contribution in [0.25, 0.3) is 0 Å². The Kier molecular flexibility index (Phi) is 7.59. The summed E-state index contributed by atoms with van der Waals surface area (Å²) in [5.41, 5.74) is 1.86. The van der Waals surface area contributed by atoms with Crippen LogP contribution in [0, 0.1) is 25.6 Å². The third-order valence-electron chi connectivity index (χ3n) is 6.25. The molecule has 0 atom stereocenters. The monoisotopic (exact) mass is 451 g/mol. The van der Waals surface area contributed by atoms with E-state index in [-0.39, 0.29) is 30.2 Å². The van der Waals surface area contributed by atoms with Gasteiger partial charge in [0.05, 0.1) is 11.8 Å². The van der Waals surface area contributed by atoms with E-state index in [9.17, 15) is 9.18 Å². The van der Waals surface area contributed by atoms with Crippen molar-refractivity contribution in [1.82, 2.24) is 15.0 Å². The lowest BCUT2D eigenvalue weighted by atomic mass is 9.82. The Labute approximate surface area is 189 Å². The number of hydrogen-bond acceptors (Lipinski definition) is 5. The standard InChI is InChI=1S/C23H30FN3O3.ClH/c1-15-21(16(2)30-25-15)23(28)26(3)13-17-11-19(12-17)29-20-8-6-7-18(22(20)24)14-27-9-4-5-10-27;/h6-8,17,19H,4-5,9-14H2,1-3H3;1H. The molecule has 1 saturated heterocycles. The van der Waals surface area contributed by atoms with Gasteiger partial charge in [0, 0.05) is 25.7 Å². The molecule has 6 nitrogen and oxygen atoms in total. The van der Waals surface area contributed by atoms with E-state index in [2.05, 4.69) is 10.1 Å². The third-order valence-corrected chi connectivity index (χ3v) is 6.25. The van der Waals surface area contributed by atoms with Crippen molar-refractivity contribution in [3.63, 3.8) is 0 Å². The number of aromatic nitrogens is 1. The maximum Gasteiger partial charge on any atom is 0.259 e. The van der Waals surface area contributed by atoms with Crippen LogP contribution >= 0.6 is 12.4 Å². The first kappa shape index (κ1) is 23.5. The Morgan fingerprint density at radius 2 is 2.00 bits per heavy atom. The van der Waals surface area contributed by atoms with Crippen molar-refractivity contribution >= 4 is 18.3 Å². The summed E-state index contributed by atoms with van der Waals surface area (Å²) in [7, 11) is 1.80. The van der Waals surface area contributed by atoms with Gasteiger partial charge in [0.1, 0.15) is 11.3 Å². The molecule has 1 aromatic heterocycles. The lowest BCUT2D eigenvalue weighted by molar-refractivity contribution is 0.0396. The average Bonchev–Trinajstić information content (AvgIpc) is 3.31. The highest BCUT2D eigenvalue weighted by molar-refractivity contribution is 5.95. The van der Waals surface area contributed by atoms with Crippen molar-refractivity contribution in [2.24, 2.45) is 5.92 Å². The van der Waals surface area contributed by atoms with Gasteiger partial charge < -0.3 is 14.2 Å². The van der Waals surface area contributed by atoms with Gasteiger partial charge in [-0.1, -0.05) is 17.3 Å². The van der Waals surface area contributed by atoms with Crippen LogP contribution in [0.15, 0.2) is 22.7 Å². The molecule has 1 saturated carbocycles. The van der Waals surface area contributed by atoms with Crippen LogP contribution in [0.5, 0.6) is 5.75 Å². The second kappa shape index (κ2) is 10.0. The number of amides is 1. The van der Waals surface area contributed by atoms with Gasteiger partial charge in [-0.15, -0.1) is 12.4 Å². The van der Waals surface area contributed by atoms with Crippen LogP contribution in [-0.2, 0) is 6.54 Å². The molecule has 31 heavy (non-hydrogen) atoms. The zero-order chi connectivity index (χ0) is 21.3. The Bertz CT molecular complexity index is 888. The fourth-order valence-electron chi connectivity index (χ4n) is 4.50. The Hall–Kier alpha value is -2.12. The van der Waals surface area contributed by atoms with Gasteiger partial charge in [-0.05, 0) is 64.6 Å². The van der Waals surface area contributed by atoms with E-state index in [1.165, 1.54) is 12.8 Å². The summed E-state index contributed by atoms with van der Waals surface area (Å²) < 4.78 is 25.9. The predicted octanol–water partition coefficient (Wildman–Crippen LogP) is 4.38. The van der Waals surface area contributed by atoms with Crippen molar-refractivity contribution in [2.75, 3.05) is 26.7 Å². The van der Waals surface area contributed by atoms with Crippen molar-refractivity contribution in [1.29, 1.82) is 0 Å². The van der Waals surface area contributed by atoms with E-state index in [0.29, 0.717) is 47.3 Å². The number of halogens is 2. The smallest absolute Gasteiger partial charge is 0.259 e. The second-order valence-corrected chi connectivity index (χ2v) is 8.67. The van der Waals surface area contributed by atoms with E-state index in [1.54, 1.807) is 31.9 Å². The number of hydrogen-bond donors (Lipinski definition) is 0. The molecule has 2 fully saturated rings. The predicted molar refractivity (Wildman–Crippen MR) is 118 cm³/mol. The minimum atomic E-state index is -0.237. The summed E-state index contributed by atoms with van der Waals surface area (Å²) in [6, 6.07) is 5.43. The third kappa shape index (κ3) is 5.21. The van der Waals surface area contributed by atoms with Crippen LogP contribution in [0.4, 0.5) is 4.39 Å². The zero-order valence-electron chi connectivity index (χ0n) is 18.4. The van der Waals surface area contributed by atoms with Crippen LogP contribution in [0.2, 0.25) is 0 Å². The van der Waals surface area contributed by atoms with Gasteiger partial charge in [-0.3, -0.25) is 9.69 Å². The lowest BCUT2D eigenvalue weighted by Crippen LogP contribution is -2.42. The number of ether oxygens (including phenoxy) is 1. The first-order valence-electron chi connectivity index (χ1n) is 10.8. The van der Waals surface area contributed by atoms with Crippen LogP contribution in [0.3, 0.4) is 0 Å². The molecule has 4 rings (SSSR count). The minimum Gasteiger partial charge on any atom is -0.487 e. The topological polar surface area (TPSA) is 58.8 Å². The first-order chi connectivity index (χ1) is 14.4. The van der Waals surface area contributed by atoms with E-state index < -0.39 is 0 Å². The molecule has 1 aliphatic carbocycles. The quantitative estimate of drug-likeness (QED) is 0.625. The molecular formula is C23H31ClFN3O3. The summed E-state index contributed by atoms with van der Waals surface area (Å²) in [6.07, 6.45) is 4.00. The summed E-state index contributed by atoms with van der Waals surface area (Å²) in [5, 5.41) is 3.86. The summed E-state index contributed by atoms with van der Waals surface area (Å²) in [5.74, 6) is 0.925. The second-order valence-electron chi connectivity index (χ2n) is 8.67. The fraction of sp³-hybridized carbons (Fsp3) is 0.565. The van der Waals surface area contributed by atoms with E-state index in [4.69, 9.17) is 9.26 Å². The van der Waals surface area contributed by atoms with Gasteiger partial charge in [-0.25, -0.2) is 4.39 Å². The summed E-state index contributed by atoms with van der Waals surface area (Å²) in [6.45, 7) is 6.88. The Morgan fingerprint density at radius 1 is 1.29 bits per heavy atom. The molecule has 2 heterocycles. The van der Waals surface area contributed by atoms with E-state index in [1.807, 2.05) is 12.1 Å². The molecule has 1 amide bonds. The van der Waals surface area contributed by atoms with Gasteiger partial charge in [0.2, 0.25) is 0 Å². The molecule has 0 bridgehead atoms. The normalized spacial score (nSPS) is 20.8. The maximum atomic E-state index is 14.9. The molecule has 0 radical (unpaired) electrons. The maximum absolute atomic E-state index is 14.9. The van der Waals surface area contributed by atoms with Gasteiger partial charge in [-0.2, -0.15) is 0 Å². The largest absolute Gasteiger partial charge is 0.487 e. The highest BCUT2D eigenvalue weighted by Crippen LogP contribution is 2.34. The van der Waals surface area contributed by atoms with Crippen molar-refractivity contribution in [2.45, 2.75) is 52.2 Å². The van der Waals surface area contributed by atoms with Crippen LogP contribution in [0.1, 0.15) is 53.1 Å². The van der Waals surface area contributed by atoms with Gasteiger partial charge >= 0.3 is 0 Å². The number of nitrogens with zero attached hydrogens (tertiary/aromatic N) is 3. The van der Waals surface area contributed by atoms with Crippen molar-refractivity contribution < 1.29 is 18.4 Å². The minimum absolute atomic E-state index is 0. The van der Waals surface area contributed by atoms with Crippen LogP contribution in [-0.4, -0.2) is 53.6 Å². The van der Waals surface area contributed by atoms with Crippen molar-refractivity contribution in [3.05, 3.63) is 46.6 Å². The first-order valence-corrected chi connectivity index (χ1v) is 10.8. The highest BCUT2D eigenvalue weighted by Gasteiger charge is 2.34. The van der Waals surface area contributed by atoms with E-state index >= 15 is 0 Å². The highest BCUT2D eigenvalue weighted by atomic mass is 35.5. The Balaban J connectivity index is 0.00000272. The molecule has 1 aromatic carbocycles. The molecule has 170 valence electrons. The molecular weight excluding hydrogens is 421 g/mol. The number of rotatable bonds is 7. The Morgan fingerprint density at radius 3 is 2.65 bits per heavy atom. The molecule has 0 N–H and O–H groups in total. The molecule has 2 aromatic rings. The van der Waals surface area contributed by atoms with E-state index in [0.717, 1.165) is 25.9 Å². The molecule has 0 spiro atoms. The fourth-order valence-corrected chi connectivity index (χ4v) is 4.50. The number of carbonyl (C=O) groups is 1. The SMILES string of the molecule is Cc1noc(C)c1C(=O)N(C)CC1CC(Oc2cccc(CN3CCCC3)c2F)C1.Cl. The summed E-state index contributed by atoms with van der Waals surface area (Å²) in [4.78, 5) is 16.7. The molecule has 0 unspecified atom stereocenters. The van der Waals surface area contributed by atoms with Gasteiger partial charge in [0.25, 0.3) is 5.91 Å².